The topological polar surface area (TPSA) is 83.3 Å². The minimum absolute atomic E-state index is 0.114. The van der Waals surface area contributed by atoms with E-state index in [0.717, 1.165) is 47.8 Å². The molecule has 180 valence electrons. The number of rotatable bonds is 5. The first-order chi connectivity index (χ1) is 17.0. The Morgan fingerprint density at radius 3 is 2.80 bits per heavy atom. The van der Waals surface area contributed by atoms with Crippen molar-refractivity contribution in [1.82, 2.24) is 14.3 Å². The van der Waals surface area contributed by atoms with Crippen molar-refractivity contribution in [3.8, 4) is 17.0 Å². The van der Waals surface area contributed by atoms with E-state index < -0.39 is 0 Å². The molecule has 8 nitrogen and oxygen atoms in total. The van der Waals surface area contributed by atoms with Crippen LogP contribution < -0.4 is 10.1 Å². The molecule has 0 atom stereocenters. The number of halogens is 1. The Kier molecular flexibility index (Phi) is 6.44. The molecule has 35 heavy (non-hydrogen) atoms. The average molecular weight is 511 g/mol. The summed E-state index contributed by atoms with van der Waals surface area (Å²) in [6.07, 6.45) is 5.59. The normalized spacial score (nSPS) is 14.1. The van der Waals surface area contributed by atoms with Gasteiger partial charge in [0, 0.05) is 30.4 Å². The van der Waals surface area contributed by atoms with Crippen LogP contribution in [0.4, 0.5) is 0 Å². The van der Waals surface area contributed by atoms with Crippen molar-refractivity contribution in [2.75, 3.05) is 20.2 Å². The van der Waals surface area contributed by atoms with Crippen LogP contribution in [0.1, 0.15) is 28.8 Å². The standard InChI is InChI=1S/C25H24ClN5O3S/c1-16-7-6-12-30-22(16)31(15-19-14-27-25(26)35-19)24(33)20(23(30)32)17-8-5-9-18(13-17)21(28-34-2)29-10-3-4-11-29/h5-9,12-14H,3-4,10-11,15H2,1-2H3/p+1/b28-21-. The Bertz CT molecular complexity index is 1490. The number of thiazole rings is 1. The minimum Gasteiger partial charge on any atom is -0.477 e. The van der Waals surface area contributed by atoms with E-state index in [2.05, 4.69) is 15.0 Å². The summed E-state index contributed by atoms with van der Waals surface area (Å²) in [4.78, 5) is 26.0. The fourth-order valence-corrected chi connectivity index (χ4v) is 5.57. The molecule has 0 spiro atoms. The highest BCUT2D eigenvalue weighted by atomic mass is 35.5. The molecule has 1 N–H and O–H groups in total. The zero-order valence-corrected chi connectivity index (χ0v) is 21.0. The van der Waals surface area contributed by atoms with E-state index >= 15 is 0 Å². The van der Waals surface area contributed by atoms with Crippen LogP contribution in [0.3, 0.4) is 0 Å². The lowest BCUT2D eigenvalue weighted by Crippen LogP contribution is -2.41. The van der Waals surface area contributed by atoms with Gasteiger partial charge in [-0.25, -0.2) is 9.78 Å². The van der Waals surface area contributed by atoms with Gasteiger partial charge in [0.05, 0.1) is 11.1 Å². The Labute approximate surface area is 211 Å². The van der Waals surface area contributed by atoms with Crippen molar-refractivity contribution in [2.24, 2.45) is 5.16 Å². The number of pyridine rings is 1. The molecule has 5 rings (SSSR count). The number of amidine groups is 1. The van der Waals surface area contributed by atoms with E-state index in [9.17, 15) is 9.90 Å². The smallest absolute Gasteiger partial charge is 0.354 e. The molecule has 0 amide bonds. The van der Waals surface area contributed by atoms with Crippen molar-refractivity contribution in [3.05, 3.63) is 79.6 Å². The van der Waals surface area contributed by atoms with Crippen LogP contribution in [0.25, 0.3) is 16.8 Å². The molecule has 1 aliphatic rings. The fraction of sp³-hybridized carbons (Fsp3) is 0.280. The third kappa shape index (κ3) is 4.37. The van der Waals surface area contributed by atoms with Crippen molar-refractivity contribution in [1.29, 1.82) is 0 Å². The first kappa shape index (κ1) is 23.3. The largest absolute Gasteiger partial charge is 0.477 e. The van der Waals surface area contributed by atoms with Crippen LogP contribution in [0.2, 0.25) is 4.47 Å². The van der Waals surface area contributed by atoms with Gasteiger partial charge in [-0.3, -0.25) is 0 Å². The van der Waals surface area contributed by atoms with Crippen molar-refractivity contribution >= 4 is 34.4 Å². The molecule has 0 saturated carbocycles. The maximum Gasteiger partial charge on any atom is 0.354 e. The number of likely N-dealkylation sites (tertiary alicyclic amines) is 1. The first-order valence-electron chi connectivity index (χ1n) is 11.3. The van der Waals surface area contributed by atoms with Crippen molar-refractivity contribution < 1.29 is 14.5 Å². The summed E-state index contributed by atoms with van der Waals surface area (Å²) in [7, 11) is 1.53. The van der Waals surface area contributed by atoms with Gasteiger partial charge in [-0.15, -0.1) is 11.3 Å². The molecule has 0 unspecified atom stereocenters. The van der Waals surface area contributed by atoms with Crippen LogP contribution in [-0.2, 0) is 11.4 Å². The number of fused-ring (bicyclic) bond motifs is 1. The Morgan fingerprint density at radius 1 is 1.29 bits per heavy atom. The molecule has 4 aromatic rings. The van der Waals surface area contributed by atoms with Gasteiger partial charge in [0.2, 0.25) is 0 Å². The molecular formula is C25H25ClN5O3S+. The Balaban J connectivity index is 1.71. The van der Waals surface area contributed by atoms with Crippen molar-refractivity contribution in [3.63, 3.8) is 0 Å². The number of hydrogen-bond acceptors (Lipinski definition) is 6. The summed E-state index contributed by atoms with van der Waals surface area (Å²) in [5, 5.41) is 15.8. The highest BCUT2D eigenvalue weighted by Crippen LogP contribution is 2.27. The lowest BCUT2D eigenvalue weighted by atomic mass is 10.0. The molecule has 0 aliphatic carbocycles. The zero-order valence-electron chi connectivity index (χ0n) is 19.4. The van der Waals surface area contributed by atoms with Gasteiger partial charge in [-0.05, 0) is 43.5 Å². The van der Waals surface area contributed by atoms with Crippen molar-refractivity contribution in [2.45, 2.75) is 26.3 Å². The second kappa shape index (κ2) is 9.67. The molecule has 0 bridgehead atoms. The van der Waals surface area contributed by atoms with E-state index in [1.54, 1.807) is 21.4 Å². The fourth-order valence-electron chi connectivity index (χ4n) is 4.60. The number of aromatic hydroxyl groups is 1. The molecule has 1 saturated heterocycles. The number of aryl methyl sites for hydroxylation is 1. The molecular weight excluding hydrogens is 486 g/mol. The summed E-state index contributed by atoms with van der Waals surface area (Å²) in [5.41, 5.74) is 2.80. The highest BCUT2D eigenvalue weighted by Gasteiger charge is 2.28. The summed E-state index contributed by atoms with van der Waals surface area (Å²) in [5.74, 6) is 0.604. The van der Waals surface area contributed by atoms with Gasteiger partial charge < -0.3 is 14.8 Å². The Morgan fingerprint density at radius 2 is 2.09 bits per heavy atom. The third-order valence-electron chi connectivity index (χ3n) is 6.16. The monoisotopic (exact) mass is 510 g/mol. The van der Waals surface area contributed by atoms with Crippen LogP contribution in [0.15, 0.2) is 58.7 Å². The number of aromatic nitrogens is 3. The Hall–Kier alpha value is -3.43. The average Bonchev–Trinajstić information content (AvgIpc) is 3.52. The van der Waals surface area contributed by atoms with E-state index in [-0.39, 0.29) is 17.0 Å². The molecule has 1 fully saturated rings. The number of nitrogens with zero attached hydrogens (tertiary/aromatic N) is 5. The third-order valence-corrected chi connectivity index (χ3v) is 7.26. The van der Waals surface area contributed by atoms with Crippen LogP contribution in [0.5, 0.6) is 5.88 Å². The maximum atomic E-state index is 13.7. The van der Waals surface area contributed by atoms with Gasteiger partial charge >= 0.3 is 5.56 Å². The van der Waals surface area contributed by atoms with Gasteiger partial charge in [-0.2, -0.15) is 8.97 Å². The summed E-state index contributed by atoms with van der Waals surface area (Å²) >= 11 is 7.39. The second-order valence-electron chi connectivity index (χ2n) is 8.43. The van der Waals surface area contributed by atoms with Gasteiger partial charge in [-0.1, -0.05) is 35.0 Å². The predicted octanol–water partition coefficient (Wildman–Crippen LogP) is 3.83. The number of hydrogen-bond donors (Lipinski definition) is 1. The number of benzene rings is 1. The van der Waals surface area contributed by atoms with Gasteiger partial charge in [0.15, 0.2) is 15.9 Å². The molecule has 1 aromatic carbocycles. The molecule has 0 radical (unpaired) electrons. The van der Waals surface area contributed by atoms with Gasteiger partial charge in [0.1, 0.15) is 13.7 Å². The lowest BCUT2D eigenvalue weighted by Gasteiger charge is -2.19. The molecule has 3 aromatic heterocycles. The zero-order chi connectivity index (χ0) is 24.5. The summed E-state index contributed by atoms with van der Waals surface area (Å²) in [6.45, 7) is 4.02. The SMILES string of the molecule is CO/N=C(/c1cccc(-c2c(O)[n+](Cc3cnc(Cl)s3)c3c(C)cccn3c2=O)c1)N1CCCC1. The molecule has 1 aliphatic heterocycles. The molecule has 4 heterocycles. The van der Waals surface area contributed by atoms with Crippen LogP contribution in [-0.4, -0.2) is 45.4 Å². The summed E-state index contributed by atoms with van der Waals surface area (Å²) in [6, 6.07) is 11.2. The van der Waals surface area contributed by atoms with E-state index in [4.69, 9.17) is 16.4 Å². The second-order valence-corrected chi connectivity index (χ2v) is 10.1. The van der Waals surface area contributed by atoms with Crippen LogP contribution >= 0.6 is 22.9 Å². The molecule has 10 heteroatoms. The maximum absolute atomic E-state index is 13.7. The minimum atomic E-state index is -0.302. The summed E-state index contributed by atoms with van der Waals surface area (Å²) < 4.78 is 3.73. The quantitative estimate of drug-likeness (QED) is 0.191. The van der Waals surface area contributed by atoms with E-state index in [1.807, 2.05) is 43.3 Å². The number of oxime groups is 1. The highest BCUT2D eigenvalue weighted by molar-refractivity contribution is 7.15. The van der Waals surface area contributed by atoms with Crippen LogP contribution in [0, 0.1) is 6.92 Å². The van der Waals surface area contributed by atoms with E-state index in [0.29, 0.717) is 22.2 Å². The first-order valence-corrected chi connectivity index (χ1v) is 12.5. The van der Waals surface area contributed by atoms with E-state index in [1.165, 1.54) is 18.4 Å². The lowest BCUT2D eigenvalue weighted by molar-refractivity contribution is -0.671. The predicted molar refractivity (Wildman–Crippen MR) is 136 cm³/mol. The van der Waals surface area contributed by atoms with Gasteiger partial charge in [0.25, 0.3) is 11.5 Å².